The number of amides is 1. The summed E-state index contributed by atoms with van der Waals surface area (Å²) in [5, 5.41) is 4.26. The van der Waals surface area contributed by atoms with Crippen molar-refractivity contribution in [3.05, 3.63) is 59.2 Å². The van der Waals surface area contributed by atoms with Crippen molar-refractivity contribution in [3.63, 3.8) is 0 Å². The third-order valence-electron chi connectivity index (χ3n) is 3.28. The third-order valence-corrected chi connectivity index (χ3v) is 3.51. The Labute approximate surface area is 121 Å². The quantitative estimate of drug-likeness (QED) is 0.738. The van der Waals surface area contributed by atoms with Crippen molar-refractivity contribution >= 4 is 28.4 Å². The largest absolute Gasteiger partial charge is 0.354 e. The van der Waals surface area contributed by atoms with Crippen molar-refractivity contribution in [1.29, 1.82) is 0 Å². The molecule has 0 saturated carbocycles. The summed E-state index contributed by atoms with van der Waals surface area (Å²) >= 11 is 6.09. The summed E-state index contributed by atoms with van der Waals surface area (Å²) in [7, 11) is 1.62. The summed E-state index contributed by atoms with van der Waals surface area (Å²) in [5.74, 6) is -0.142. The Bertz CT molecular complexity index is 778. The highest BCUT2D eigenvalue weighted by atomic mass is 35.5. The van der Waals surface area contributed by atoms with Crippen LogP contribution in [0.5, 0.6) is 0 Å². The first-order valence-corrected chi connectivity index (χ1v) is 6.67. The normalized spacial score (nSPS) is 10.7. The number of hydrogen-bond acceptors (Lipinski definition) is 1. The van der Waals surface area contributed by atoms with Gasteiger partial charge in [0.2, 0.25) is 0 Å². The van der Waals surface area contributed by atoms with Gasteiger partial charge in [-0.2, -0.15) is 0 Å². The SMILES string of the molecule is CNC(=O)c1[nH]c2ccc(Cl)cc2c1-c1ccccc1. The van der Waals surface area contributed by atoms with Gasteiger partial charge in [-0.3, -0.25) is 4.79 Å². The molecule has 0 aliphatic heterocycles. The number of aromatic nitrogens is 1. The van der Waals surface area contributed by atoms with Crippen LogP contribution in [0.15, 0.2) is 48.5 Å². The zero-order chi connectivity index (χ0) is 14.1. The molecule has 3 aromatic rings. The molecule has 1 amide bonds. The summed E-state index contributed by atoms with van der Waals surface area (Å²) in [5.41, 5.74) is 3.31. The van der Waals surface area contributed by atoms with E-state index >= 15 is 0 Å². The second kappa shape index (κ2) is 5.02. The van der Waals surface area contributed by atoms with Gasteiger partial charge in [0.1, 0.15) is 5.69 Å². The van der Waals surface area contributed by atoms with Crippen molar-refractivity contribution in [2.24, 2.45) is 0 Å². The van der Waals surface area contributed by atoms with E-state index in [0.717, 1.165) is 22.0 Å². The summed E-state index contributed by atoms with van der Waals surface area (Å²) in [6, 6.07) is 15.4. The number of hydrogen-bond donors (Lipinski definition) is 2. The second-order valence-corrected chi connectivity index (χ2v) is 4.95. The molecule has 4 heteroatoms. The van der Waals surface area contributed by atoms with Crippen molar-refractivity contribution in [2.45, 2.75) is 0 Å². The van der Waals surface area contributed by atoms with Crippen LogP contribution in [0.3, 0.4) is 0 Å². The lowest BCUT2D eigenvalue weighted by Crippen LogP contribution is -2.18. The number of fused-ring (bicyclic) bond motifs is 1. The molecular formula is C16H13ClN2O. The van der Waals surface area contributed by atoms with Crippen molar-refractivity contribution in [2.75, 3.05) is 7.05 Å². The van der Waals surface area contributed by atoms with Gasteiger partial charge in [0.15, 0.2) is 0 Å². The molecule has 0 aliphatic carbocycles. The Morgan fingerprint density at radius 2 is 1.90 bits per heavy atom. The van der Waals surface area contributed by atoms with Gasteiger partial charge in [-0.15, -0.1) is 0 Å². The molecule has 3 nitrogen and oxygen atoms in total. The van der Waals surface area contributed by atoms with E-state index in [4.69, 9.17) is 11.6 Å². The van der Waals surface area contributed by atoms with E-state index in [-0.39, 0.29) is 5.91 Å². The van der Waals surface area contributed by atoms with Gasteiger partial charge in [-0.25, -0.2) is 0 Å². The molecule has 0 radical (unpaired) electrons. The van der Waals surface area contributed by atoms with Crippen molar-refractivity contribution in [3.8, 4) is 11.1 Å². The number of benzene rings is 2. The molecule has 2 N–H and O–H groups in total. The van der Waals surface area contributed by atoms with Crippen LogP contribution in [0.4, 0.5) is 0 Å². The number of halogens is 1. The molecule has 1 aromatic heterocycles. The fourth-order valence-corrected chi connectivity index (χ4v) is 2.54. The molecule has 0 saturated heterocycles. The average molecular weight is 285 g/mol. The number of carbonyl (C=O) groups is 1. The molecule has 0 spiro atoms. The van der Waals surface area contributed by atoms with E-state index in [0.29, 0.717) is 10.7 Å². The van der Waals surface area contributed by atoms with E-state index in [9.17, 15) is 4.79 Å². The van der Waals surface area contributed by atoms with E-state index < -0.39 is 0 Å². The van der Waals surface area contributed by atoms with Gasteiger partial charge in [-0.05, 0) is 23.8 Å². The molecule has 0 unspecified atom stereocenters. The monoisotopic (exact) mass is 284 g/mol. The van der Waals surface area contributed by atoms with Gasteiger partial charge >= 0.3 is 0 Å². The van der Waals surface area contributed by atoms with Gasteiger partial charge in [-0.1, -0.05) is 41.9 Å². The van der Waals surface area contributed by atoms with Crippen LogP contribution >= 0.6 is 11.6 Å². The van der Waals surface area contributed by atoms with E-state index in [2.05, 4.69) is 10.3 Å². The molecule has 100 valence electrons. The molecule has 3 rings (SSSR count). The molecule has 0 bridgehead atoms. The maximum absolute atomic E-state index is 12.1. The molecule has 0 fully saturated rings. The lowest BCUT2D eigenvalue weighted by Gasteiger charge is -2.04. The minimum atomic E-state index is -0.142. The fourth-order valence-electron chi connectivity index (χ4n) is 2.36. The Hall–Kier alpha value is -2.26. The highest BCUT2D eigenvalue weighted by Crippen LogP contribution is 2.33. The molecular weight excluding hydrogens is 272 g/mol. The first-order valence-electron chi connectivity index (χ1n) is 6.29. The van der Waals surface area contributed by atoms with E-state index in [1.807, 2.05) is 48.5 Å². The van der Waals surface area contributed by atoms with Gasteiger partial charge < -0.3 is 10.3 Å². The van der Waals surface area contributed by atoms with Crippen LogP contribution in [0, 0.1) is 0 Å². The predicted octanol–water partition coefficient (Wildman–Crippen LogP) is 3.85. The maximum atomic E-state index is 12.1. The smallest absolute Gasteiger partial charge is 0.268 e. The number of nitrogens with one attached hydrogen (secondary N) is 2. The summed E-state index contributed by atoms with van der Waals surface area (Å²) < 4.78 is 0. The molecule has 1 heterocycles. The van der Waals surface area contributed by atoms with Crippen molar-refractivity contribution in [1.82, 2.24) is 10.3 Å². The highest BCUT2D eigenvalue weighted by Gasteiger charge is 2.18. The zero-order valence-corrected chi connectivity index (χ0v) is 11.7. The van der Waals surface area contributed by atoms with Crippen LogP contribution in [0.1, 0.15) is 10.5 Å². The topological polar surface area (TPSA) is 44.9 Å². The lowest BCUT2D eigenvalue weighted by atomic mass is 10.0. The number of aromatic amines is 1. The Morgan fingerprint density at radius 3 is 2.60 bits per heavy atom. The van der Waals surface area contributed by atoms with E-state index in [1.165, 1.54) is 0 Å². The molecule has 2 aromatic carbocycles. The van der Waals surface area contributed by atoms with Crippen molar-refractivity contribution < 1.29 is 4.79 Å². The fraction of sp³-hybridized carbons (Fsp3) is 0.0625. The number of rotatable bonds is 2. The Balaban J connectivity index is 2.36. The average Bonchev–Trinajstić information content (AvgIpc) is 2.85. The molecule has 20 heavy (non-hydrogen) atoms. The van der Waals surface area contributed by atoms with Crippen LogP contribution < -0.4 is 5.32 Å². The first kappa shape index (κ1) is 12.8. The van der Waals surface area contributed by atoms with Gasteiger partial charge in [0, 0.05) is 28.5 Å². The van der Waals surface area contributed by atoms with Crippen LogP contribution in [-0.2, 0) is 0 Å². The van der Waals surface area contributed by atoms with Gasteiger partial charge in [0.05, 0.1) is 0 Å². The first-order chi connectivity index (χ1) is 9.70. The second-order valence-electron chi connectivity index (χ2n) is 4.51. The standard InChI is InChI=1S/C16H13ClN2O/c1-18-16(20)15-14(10-5-3-2-4-6-10)12-9-11(17)7-8-13(12)19-15/h2-9,19H,1H3,(H,18,20). The highest BCUT2D eigenvalue weighted by molar-refractivity contribution is 6.31. The minimum absolute atomic E-state index is 0.142. The Kier molecular flexibility index (Phi) is 3.20. The third kappa shape index (κ3) is 2.06. The Morgan fingerprint density at radius 1 is 1.15 bits per heavy atom. The minimum Gasteiger partial charge on any atom is -0.354 e. The molecule has 0 aliphatic rings. The summed E-state index contributed by atoms with van der Waals surface area (Å²) in [4.78, 5) is 15.3. The number of carbonyl (C=O) groups excluding carboxylic acids is 1. The lowest BCUT2D eigenvalue weighted by molar-refractivity contribution is 0.0959. The van der Waals surface area contributed by atoms with E-state index in [1.54, 1.807) is 7.05 Å². The van der Waals surface area contributed by atoms with Gasteiger partial charge in [0.25, 0.3) is 5.91 Å². The van der Waals surface area contributed by atoms with Crippen LogP contribution in [0.25, 0.3) is 22.0 Å². The summed E-state index contributed by atoms with van der Waals surface area (Å²) in [6.07, 6.45) is 0. The molecule has 0 atom stereocenters. The van der Waals surface area contributed by atoms with Crippen LogP contribution in [0.2, 0.25) is 5.02 Å². The zero-order valence-electron chi connectivity index (χ0n) is 10.9. The predicted molar refractivity (Wildman–Crippen MR) is 82.1 cm³/mol. The van der Waals surface area contributed by atoms with Crippen LogP contribution in [-0.4, -0.2) is 17.9 Å². The summed E-state index contributed by atoms with van der Waals surface area (Å²) in [6.45, 7) is 0. The number of H-pyrrole nitrogens is 1. The maximum Gasteiger partial charge on any atom is 0.268 e.